The van der Waals surface area contributed by atoms with E-state index in [1.165, 1.54) is 0 Å². The smallest absolute Gasteiger partial charge is 0.115 e. The third kappa shape index (κ3) is 2.65. The molecule has 16 heavy (non-hydrogen) atoms. The van der Waals surface area contributed by atoms with Gasteiger partial charge in [-0.25, -0.2) is 0 Å². The number of halogens is 1. The summed E-state index contributed by atoms with van der Waals surface area (Å²) in [7, 11) is 0. The lowest BCUT2D eigenvalue weighted by Gasteiger charge is -2.11. The first kappa shape index (κ1) is 12.8. The van der Waals surface area contributed by atoms with Crippen LogP contribution in [0.3, 0.4) is 0 Å². The van der Waals surface area contributed by atoms with Gasteiger partial charge in [-0.1, -0.05) is 49.4 Å². The van der Waals surface area contributed by atoms with E-state index < -0.39 is 0 Å². The Hall–Kier alpha value is -1.25. The van der Waals surface area contributed by atoms with Gasteiger partial charge in [-0.3, -0.25) is 0 Å². The van der Waals surface area contributed by atoms with Crippen LogP contribution in [0.25, 0.3) is 5.57 Å². The Kier molecular flexibility index (Phi) is 4.59. The first-order valence-electron chi connectivity index (χ1n) is 5.18. The van der Waals surface area contributed by atoms with Crippen LogP contribution in [0.5, 0.6) is 0 Å². The lowest BCUT2D eigenvalue weighted by molar-refractivity contribution is 0.440. The highest BCUT2D eigenvalue weighted by Gasteiger charge is 2.11. The highest BCUT2D eigenvalue weighted by molar-refractivity contribution is 6.33. The number of rotatable bonds is 4. The molecule has 0 heterocycles. The fraction of sp³-hybridized carbons (Fsp3) is 0.231. The van der Waals surface area contributed by atoms with Crippen molar-refractivity contribution in [3.05, 3.63) is 52.8 Å². The van der Waals surface area contributed by atoms with E-state index in [4.69, 9.17) is 17.3 Å². The second-order valence-electron chi connectivity index (χ2n) is 3.46. The van der Waals surface area contributed by atoms with Gasteiger partial charge in [-0.2, -0.15) is 0 Å². The predicted octanol–water partition coefficient (Wildman–Crippen LogP) is 3.66. The third-order valence-electron chi connectivity index (χ3n) is 2.31. The summed E-state index contributed by atoms with van der Waals surface area (Å²) in [5.41, 5.74) is 7.89. The average molecular weight is 238 g/mol. The quantitative estimate of drug-likeness (QED) is 0.620. The molecule has 0 radical (unpaired) electrons. The van der Waals surface area contributed by atoms with Crippen molar-refractivity contribution in [1.29, 1.82) is 0 Å². The van der Waals surface area contributed by atoms with Crippen LogP contribution in [0.1, 0.15) is 24.5 Å². The maximum atomic E-state index is 9.53. The fourth-order valence-corrected chi connectivity index (χ4v) is 1.84. The lowest BCUT2D eigenvalue weighted by atomic mass is 10.0. The first-order chi connectivity index (χ1) is 7.61. The van der Waals surface area contributed by atoms with Crippen LogP contribution >= 0.6 is 11.6 Å². The Morgan fingerprint density at radius 3 is 2.75 bits per heavy atom. The molecule has 3 heteroatoms. The largest absolute Gasteiger partial charge is 0.508 e. The molecule has 0 aliphatic heterocycles. The minimum absolute atomic E-state index is 0.0259. The second-order valence-corrected chi connectivity index (χ2v) is 3.83. The number of aliphatic hydroxyl groups excluding tert-OH is 1. The van der Waals surface area contributed by atoms with Gasteiger partial charge in [0.05, 0.1) is 5.02 Å². The van der Waals surface area contributed by atoms with E-state index >= 15 is 0 Å². The molecule has 0 aliphatic carbocycles. The van der Waals surface area contributed by atoms with Crippen molar-refractivity contribution in [2.45, 2.75) is 19.9 Å². The molecule has 1 aromatic carbocycles. The minimum Gasteiger partial charge on any atom is -0.508 e. The molecular formula is C13H16ClNO. The van der Waals surface area contributed by atoms with Gasteiger partial charge in [0.2, 0.25) is 0 Å². The lowest BCUT2D eigenvalue weighted by Crippen LogP contribution is -1.99. The van der Waals surface area contributed by atoms with Crippen LogP contribution in [0.4, 0.5) is 0 Å². The standard InChI is InChI=1S/C13H16ClNO/c1-3-5-11(9(2)16)12-7-4-6-10(8-15)13(12)14/h4-7,16H,2-3,8,15H2,1H3/b11-5+. The average Bonchev–Trinajstić information content (AvgIpc) is 2.26. The molecule has 86 valence electrons. The van der Waals surface area contributed by atoms with Crippen LogP contribution in [-0.2, 0) is 6.54 Å². The Labute approximate surface area is 101 Å². The van der Waals surface area contributed by atoms with Gasteiger partial charge >= 0.3 is 0 Å². The third-order valence-corrected chi connectivity index (χ3v) is 2.75. The van der Waals surface area contributed by atoms with Crippen LogP contribution in [0.2, 0.25) is 5.02 Å². The maximum Gasteiger partial charge on any atom is 0.115 e. The summed E-state index contributed by atoms with van der Waals surface area (Å²) in [6, 6.07) is 5.59. The van der Waals surface area contributed by atoms with Crippen molar-refractivity contribution in [3.8, 4) is 0 Å². The molecule has 0 bridgehead atoms. The van der Waals surface area contributed by atoms with Crippen LogP contribution in [-0.4, -0.2) is 5.11 Å². The van der Waals surface area contributed by atoms with Crippen molar-refractivity contribution in [2.24, 2.45) is 5.73 Å². The molecule has 0 aromatic heterocycles. The summed E-state index contributed by atoms with van der Waals surface area (Å²) in [4.78, 5) is 0. The van der Waals surface area contributed by atoms with E-state index in [1.54, 1.807) is 0 Å². The molecule has 0 aliphatic rings. The van der Waals surface area contributed by atoms with Gasteiger partial charge in [-0.15, -0.1) is 0 Å². The van der Waals surface area contributed by atoms with E-state index in [1.807, 2.05) is 31.2 Å². The minimum atomic E-state index is 0.0259. The molecule has 0 saturated heterocycles. The van der Waals surface area contributed by atoms with Gasteiger partial charge in [0.1, 0.15) is 5.76 Å². The van der Waals surface area contributed by atoms with Gasteiger partial charge < -0.3 is 10.8 Å². The Bertz CT molecular complexity index is 424. The Morgan fingerprint density at radius 2 is 2.25 bits per heavy atom. The maximum absolute atomic E-state index is 9.53. The predicted molar refractivity (Wildman–Crippen MR) is 69.4 cm³/mol. The summed E-state index contributed by atoms with van der Waals surface area (Å²) >= 11 is 6.21. The topological polar surface area (TPSA) is 46.2 Å². The van der Waals surface area contributed by atoms with Crippen molar-refractivity contribution < 1.29 is 5.11 Å². The zero-order chi connectivity index (χ0) is 12.1. The van der Waals surface area contributed by atoms with Gasteiger partial charge in [0.25, 0.3) is 0 Å². The van der Waals surface area contributed by atoms with Crippen molar-refractivity contribution >= 4 is 17.2 Å². The molecule has 1 rings (SSSR count). The highest BCUT2D eigenvalue weighted by atomic mass is 35.5. The van der Waals surface area contributed by atoms with E-state index in [0.29, 0.717) is 17.1 Å². The summed E-state index contributed by atoms with van der Waals surface area (Å²) in [6.45, 7) is 5.91. The summed E-state index contributed by atoms with van der Waals surface area (Å²) in [5.74, 6) is 0.0259. The van der Waals surface area contributed by atoms with Crippen LogP contribution in [0.15, 0.2) is 36.6 Å². The molecule has 2 nitrogen and oxygen atoms in total. The fourth-order valence-electron chi connectivity index (χ4n) is 1.53. The van der Waals surface area contributed by atoms with Crippen molar-refractivity contribution in [3.63, 3.8) is 0 Å². The summed E-state index contributed by atoms with van der Waals surface area (Å²) in [5, 5.41) is 10.1. The number of aliphatic hydroxyl groups is 1. The second kappa shape index (κ2) is 5.73. The highest BCUT2D eigenvalue weighted by Crippen LogP contribution is 2.30. The zero-order valence-corrected chi connectivity index (χ0v) is 10.1. The zero-order valence-electron chi connectivity index (χ0n) is 9.33. The number of hydrogen-bond acceptors (Lipinski definition) is 2. The van der Waals surface area contributed by atoms with E-state index in [9.17, 15) is 5.11 Å². The first-order valence-corrected chi connectivity index (χ1v) is 5.55. The van der Waals surface area contributed by atoms with Crippen LogP contribution < -0.4 is 5.73 Å². The number of hydrogen-bond donors (Lipinski definition) is 2. The number of benzene rings is 1. The molecule has 0 amide bonds. The molecule has 0 saturated carbocycles. The summed E-state index contributed by atoms with van der Waals surface area (Å²) < 4.78 is 0. The van der Waals surface area contributed by atoms with E-state index in [0.717, 1.165) is 17.5 Å². The van der Waals surface area contributed by atoms with E-state index in [2.05, 4.69) is 6.58 Å². The Balaban J connectivity index is 3.31. The van der Waals surface area contributed by atoms with Gasteiger partial charge in [0.15, 0.2) is 0 Å². The van der Waals surface area contributed by atoms with Gasteiger partial charge in [0, 0.05) is 17.7 Å². The summed E-state index contributed by atoms with van der Waals surface area (Å²) in [6.07, 6.45) is 2.70. The molecule has 0 unspecified atom stereocenters. The number of nitrogens with two attached hydrogens (primary N) is 1. The SMILES string of the molecule is C=C(O)/C(=C\CC)c1cccc(CN)c1Cl. The van der Waals surface area contributed by atoms with Crippen LogP contribution in [0, 0.1) is 0 Å². The molecular weight excluding hydrogens is 222 g/mol. The molecule has 0 spiro atoms. The van der Waals surface area contributed by atoms with Gasteiger partial charge in [-0.05, 0) is 12.0 Å². The monoisotopic (exact) mass is 237 g/mol. The number of allylic oxidation sites excluding steroid dienone is 2. The van der Waals surface area contributed by atoms with Crippen molar-refractivity contribution in [1.82, 2.24) is 0 Å². The molecule has 1 aromatic rings. The Morgan fingerprint density at radius 1 is 1.56 bits per heavy atom. The molecule has 3 N–H and O–H groups in total. The molecule has 0 atom stereocenters. The molecule has 0 fully saturated rings. The van der Waals surface area contributed by atoms with Crippen molar-refractivity contribution in [2.75, 3.05) is 0 Å². The van der Waals surface area contributed by atoms with E-state index in [-0.39, 0.29) is 5.76 Å². The normalized spacial score (nSPS) is 11.6.